The number of benzene rings is 1. The Morgan fingerprint density at radius 1 is 1.25 bits per heavy atom. The molecule has 0 bridgehead atoms. The van der Waals surface area contributed by atoms with Crippen LogP contribution in [-0.2, 0) is 26.7 Å². The average Bonchev–Trinajstić information content (AvgIpc) is 2.68. The van der Waals surface area contributed by atoms with Crippen molar-refractivity contribution in [1.82, 2.24) is 9.88 Å². The summed E-state index contributed by atoms with van der Waals surface area (Å²) in [4.78, 5) is 19.1. The van der Waals surface area contributed by atoms with E-state index in [1.54, 1.807) is 18.5 Å². The number of ether oxygens (including phenoxy) is 1. The number of hydrogen-bond acceptors (Lipinski definition) is 5. The summed E-state index contributed by atoms with van der Waals surface area (Å²) < 4.78 is 18.8. The van der Waals surface area contributed by atoms with E-state index in [1.807, 2.05) is 24.3 Å². The summed E-state index contributed by atoms with van der Waals surface area (Å²) in [5.41, 5.74) is 7.41. The van der Waals surface area contributed by atoms with E-state index < -0.39 is 16.7 Å². The fourth-order valence-corrected chi connectivity index (χ4v) is 5.24. The summed E-state index contributed by atoms with van der Waals surface area (Å²) in [5, 5.41) is 0. The van der Waals surface area contributed by atoms with Gasteiger partial charge in [0.15, 0.2) is 0 Å². The predicted molar refractivity (Wildman–Crippen MR) is 110 cm³/mol. The van der Waals surface area contributed by atoms with Gasteiger partial charge < -0.3 is 10.5 Å². The van der Waals surface area contributed by atoms with E-state index in [1.165, 1.54) is 0 Å². The van der Waals surface area contributed by atoms with Crippen molar-refractivity contribution in [2.45, 2.75) is 29.9 Å². The standard InChI is InChI=1S/C21H27N3O3S/c1-21(2,15-24-9-11-27-12-10-24)18-7-3-6-17(20(22)25)19(18)28(26)14-16-5-4-8-23-13-16/h3-8,13H,9-12,14-15H2,1-2H3,(H2,22,25). The number of amides is 1. The van der Waals surface area contributed by atoms with E-state index in [0.717, 1.165) is 44.0 Å². The lowest BCUT2D eigenvalue weighted by Crippen LogP contribution is -2.44. The molecule has 0 saturated carbocycles. The van der Waals surface area contributed by atoms with E-state index in [-0.39, 0.29) is 5.41 Å². The Morgan fingerprint density at radius 2 is 2.00 bits per heavy atom. The third kappa shape index (κ3) is 4.84. The van der Waals surface area contributed by atoms with Crippen LogP contribution in [0.3, 0.4) is 0 Å². The van der Waals surface area contributed by atoms with Crippen molar-refractivity contribution in [1.29, 1.82) is 0 Å². The molecule has 1 saturated heterocycles. The Bertz CT molecular complexity index is 849. The minimum atomic E-state index is -1.42. The Kier molecular flexibility index (Phi) is 6.59. The molecule has 2 heterocycles. The maximum atomic E-state index is 13.3. The van der Waals surface area contributed by atoms with Crippen LogP contribution in [0, 0.1) is 0 Å². The van der Waals surface area contributed by atoms with Gasteiger partial charge in [0.2, 0.25) is 5.91 Å². The van der Waals surface area contributed by atoms with Crippen LogP contribution in [0.4, 0.5) is 0 Å². The van der Waals surface area contributed by atoms with Gasteiger partial charge in [0, 0.05) is 37.4 Å². The second-order valence-electron chi connectivity index (χ2n) is 7.67. The number of aromatic nitrogens is 1. The maximum absolute atomic E-state index is 13.3. The number of nitrogens with two attached hydrogens (primary N) is 1. The molecule has 7 heteroatoms. The van der Waals surface area contributed by atoms with Crippen LogP contribution in [0.2, 0.25) is 0 Å². The second kappa shape index (κ2) is 8.94. The molecule has 6 nitrogen and oxygen atoms in total. The van der Waals surface area contributed by atoms with Crippen LogP contribution in [0.15, 0.2) is 47.6 Å². The Hall–Kier alpha value is -2.09. The molecule has 1 aliphatic rings. The smallest absolute Gasteiger partial charge is 0.249 e. The van der Waals surface area contributed by atoms with Crippen molar-refractivity contribution in [2.24, 2.45) is 5.73 Å². The van der Waals surface area contributed by atoms with Gasteiger partial charge in [-0.1, -0.05) is 32.0 Å². The highest BCUT2D eigenvalue weighted by Crippen LogP contribution is 2.33. The van der Waals surface area contributed by atoms with Gasteiger partial charge in [-0.25, -0.2) is 0 Å². The van der Waals surface area contributed by atoms with Gasteiger partial charge in [-0.15, -0.1) is 0 Å². The molecular weight excluding hydrogens is 374 g/mol. The summed E-state index contributed by atoms with van der Waals surface area (Å²) >= 11 is 0. The normalized spacial score (nSPS) is 16.6. The molecule has 1 aromatic carbocycles. The van der Waals surface area contributed by atoms with Crippen molar-refractivity contribution in [2.75, 3.05) is 32.8 Å². The number of hydrogen-bond donors (Lipinski definition) is 1. The Balaban J connectivity index is 1.97. The summed E-state index contributed by atoms with van der Waals surface area (Å²) in [6.45, 7) is 8.20. The minimum Gasteiger partial charge on any atom is -0.379 e. The van der Waals surface area contributed by atoms with Crippen LogP contribution < -0.4 is 5.73 Å². The number of morpholine rings is 1. The van der Waals surface area contributed by atoms with Crippen molar-refractivity contribution in [3.63, 3.8) is 0 Å². The van der Waals surface area contributed by atoms with E-state index >= 15 is 0 Å². The predicted octanol–water partition coefficient (Wildman–Crippen LogP) is 2.10. The highest BCUT2D eigenvalue weighted by atomic mass is 32.2. The van der Waals surface area contributed by atoms with Crippen LogP contribution in [0.5, 0.6) is 0 Å². The molecule has 1 unspecified atom stereocenters. The van der Waals surface area contributed by atoms with Gasteiger partial charge in [-0.2, -0.15) is 0 Å². The Morgan fingerprint density at radius 3 is 2.64 bits per heavy atom. The quantitative estimate of drug-likeness (QED) is 0.768. The van der Waals surface area contributed by atoms with Gasteiger partial charge >= 0.3 is 0 Å². The van der Waals surface area contributed by atoms with E-state index in [4.69, 9.17) is 10.5 Å². The fraction of sp³-hybridized carbons (Fsp3) is 0.429. The monoisotopic (exact) mass is 401 g/mol. The maximum Gasteiger partial charge on any atom is 0.249 e. The van der Waals surface area contributed by atoms with E-state index in [0.29, 0.717) is 16.2 Å². The lowest BCUT2D eigenvalue weighted by atomic mass is 9.83. The van der Waals surface area contributed by atoms with E-state index in [2.05, 4.69) is 23.7 Å². The molecule has 0 spiro atoms. The van der Waals surface area contributed by atoms with Crippen molar-refractivity contribution in [3.05, 3.63) is 59.4 Å². The van der Waals surface area contributed by atoms with Gasteiger partial charge in [0.1, 0.15) is 0 Å². The van der Waals surface area contributed by atoms with Gasteiger partial charge in [0.05, 0.1) is 40.2 Å². The number of primary amides is 1. The molecule has 0 radical (unpaired) electrons. The van der Waals surface area contributed by atoms with Gasteiger partial charge in [0.25, 0.3) is 0 Å². The number of carbonyl (C=O) groups is 1. The zero-order chi connectivity index (χ0) is 20.1. The van der Waals surface area contributed by atoms with Crippen molar-refractivity contribution in [3.8, 4) is 0 Å². The van der Waals surface area contributed by atoms with E-state index in [9.17, 15) is 9.00 Å². The average molecular weight is 402 g/mol. The van der Waals surface area contributed by atoms with Gasteiger partial charge in [-0.05, 0) is 23.3 Å². The molecule has 1 aliphatic heterocycles. The molecule has 0 aliphatic carbocycles. The molecule has 3 rings (SSSR count). The minimum absolute atomic E-state index is 0.290. The largest absolute Gasteiger partial charge is 0.379 e. The van der Waals surface area contributed by atoms with Crippen LogP contribution >= 0.6 is 0 Å². The summed E-state index contributed by atoms with van der Waals surface area (Å²) in [5.74, 6) is -0.266. The number of pyridine rings is 1. The first-order valence-electron chi connectivity index (χ1n) is 9.39. The molecule has 2 aromatic rings. The number of nitrogens with zero attached hydrogens (tertiary/aromatic N) is 2. The highest BCUT2D eigenvalue weighted by molar-refractivity contribution is 7.84. The molecular formula is C21H27N3O3S. The summed E-state index contributed by atoms with van der Waals surface area (Å²) in [6, 6.07) is 9.14. The van der Waals surface area contributed by atoms with Crippen LogP contribution in [0.1, 0.15) is 35.3 Å². The molecule has 1 aromatic heterocycles. The molecule has 1 fully saturated rings. The second-order valence-corrected chi connectivity index (χ2v) is 9.06. The molecule has 28 heavy (non-hydrogen) atoms. The van der Waals surface area contributed by atoms with Crippen LogP contribution in [-0.4, -0.2) is 52.8 Å². The third-order valence-corrected chi connectivity index (χ3v) is 6.47. The SMILES string of the molecule is CC(C)(CN1CCOCC1)c1cccc(C(N)=O)c1S(=O)Cc1cccnc1. The zero-order valence-electron chi connectivity index (χ0n) is 16.4. The first-order chi connectivity index (χ1) is 13.4. The number of rotatable bonds is 7. The lowest BCUT2D eigenvalue weighted by Gasteiger charge is -2.36. The first-order valence-corrected chi connectivity index (χ1v) is 10.7. The number of carbonyl (C=O) groups excluding carboxylic acids is 1. The third-order valence-electron chi connectivity index (χ3n) is 4.98. The van der Waals surface area contributed by atoms with Crippen molar-refractivity contribution >= 4 is 16.7 Å². The highest BCUT2D eigenvalue weighted by Gasteiger charge is 2.31. The molecule has 1 atom stereocenters. The Labute approximate surface area is 168 Å². The van der Waals surface area contributed by atoms with Crippen molar-refractivity contribution < 1.29 is 13.7 Å². The first kappa shape index (κ1) is 20.6. The molecule has 2 N–H and O–H groups in total. The summed E-state index contributed by atoms with van der Waals surface area (Å²) in [6.07, 6.45) is 3.38. The lowest BCUT2D eigenvalue weighted by molar-refractivity contribution is 0.0293. The van der Waals surface area contributed by atoms with Crippen LogP contribution in [0.25, 0.3) is 0 Å². The topological polar surface area (TPSA) is 85.5 Å². The molecule has 1 amide bonds. The summed E-state index contributed by atoms with van der Waals surface area (Å²) in [7, 11) is -1.42. The fourth-order valence-electron chi connectivity index (χ4n) is 3.62. The van der Waals surface area contributed by atoms with Gasteiger partial charge in [-0.3, -0.25) is 18.9 Å². The zero-order valence-corrected chi connectivity index (χ0v) is 17.2. The molecule has 150 valence electrons.